The van der Waals surface area contributed by atoms with Gasteiger partial charge in [0.15, 0.2) is 17.5 Å². The summed E-state index contributed by atoms with van der Waals surface area (Å²) in [6, 6.07) is 28.4. The molecule has 10 rings (SSSR count). The molecular weight excluding hydrogens is 599 g/mol. The van der Waals surface area contributed by atoms with Crippen molar-refractivity contribution in [1.82, 2.24) is 15.0 Å². The number of hydrogen-bond donors (Lipinski definition) is 0. The van der Waals surface area contributed by atoms with E-state index < -0.39 is 60.4 Å². The van der Waals surface area contributed by atoms with Gasteiger partial charge in [-0.25, -0.2) is 15.0 Å². The third-order valence-corrected chi connectivity index (χ3v) is 8.90. The van der Waals surface area contributed by atoms with Crippen LogP contribution in [0.15, 0.2) is 168 Å². The van der Waals surface area contributed by atoms with Crippen LogP contribution in [0.3, 0.4) is 0 Å². The quantitative estimate of drug-likeness (QED) is 0.181. The zero-order valence-corrected chi connectivity index (χ0v) is 25.6. The van der Waals surface area contributed by atoms with Crippen LogP contribution >= 0.6 is 0 Å². The van der Waals surface area contributed by atoms with E-state index in [1.165, 1.54) is 5.39 Å². The fraction of sp³-hybridized carbons (Fsp3) is 0. The maximum Gasteiger partial charge on any atom is 0.167 e. The van der Waals surface area contributed by atoms with Crippen molar-refractivity contribution in [2.75, 3.05) is 0 Å². The third kappa shape index (κ3) is 4.42. The van der Waals surface area contributed by atoms with Gasteiger partial charge < -0.3 is 4.42 Å². The van der Waals surface area contributed by atoms with Gasteiger partial charge >= 0.3 is 0 Å². The molecule has 4 nitrogen and oxygen atoms in total. The molecule has 4 heteroatoms. The molecule has 0 saturated carbocycles. The molecule has 10 aromatic rings. The van der Waals surface area contributed by atoms with Gasteiger partial charge in [0.1, 0.15) is 11.2 Å². The van der Waals surface area contributed by atoms with Gasteiger partial charge in [-0.2, -0.15) is 0 Å². The van der Waals surface area contributed by atoms with E-state index in [-0.39, 0.29) is 28.6 Å². The molecule has 0 N–H and O–H groups in total. The lowest BCUT2D eigenvalue weighted by molar-refractivity contribution is 0.669. The molecule has 228 valence electrons. The predicted molar refractivity (Wildman–Crippen MR) is 201 cm³/mol. The van der Waals surface area contributed by atoms with Crippen LogP contribution in [0.5, 0.6) is 0 Å². The topological polar surface area (TPSA) is 51.8 Å². The highest BCUT2D eigenvalue weighted by molar-refractivity contribution is 6.26. The summed E-state index contributed by atoms with van der Waals surface area (Å²) in [5.74, 6) is -0.768. The van der Waals surface area contributed by atoms with Gasteiger partial charge in [-0.3, -0.25) is 0 Å². The minimum atomic E-state index is -0.617. The Morgan fingerprint density at radius 2 is 0.918 bits per heavy atom. The van der Waals surface area contributed by atoms with Crippen LogP contribution in [0, 0.1) is 0 Å². The zero-order valence-electron chi connectivity index (χ0n) is 35.6. The summed E-state index contributed by atoms with van der Waals surface area (Å²) in [4.78, 5) is 13.7. The SMILES string of the molecule is [2H]c1c([2H])c([2H])c(-c2nc(-c3c([2H])c([2H])c([2H])c([2H])c3[2H])nc(-c3cccc4c3oc3cccc(-c5ccc6c7ccccc7c7ccccc7c6c5)c34)n2)c([2H])c1[2H]. The summed E-state index contributed by atoms with van der Waals surface area (Å²) in [6.45, 7) is 0. The molecule has 0 aliphatic rings. The number of para-hydroxylation sites is 1. The molecule has 0 spiro atoms. The highest BCUT2D eigenvalue weighted by atomic mass is 16.3. The lowest BCUT2D eigenvalue weighted by atomic mass is 9.91. The molecule has 0 radical (unpaired) electrons. The van der Waals surface area contributed by atoms with Gasteiger partial charge in [-0.1, -0.05) is 145 Å². The van der Waals surface area contributed by atoms with Gasteiger partial charge in [0.05, 0.1) is 19.3 Å². The van der Waals surface area contributed by atoms with Crippen LogP contribution in [-0.4, -0.2) is 15.0 Å². The molecule has 2 heterocycles. The smallest absolute Gasteiger partial charge is 0.167 e. The summed E-state index contributed by atoms with van der Waals surface area (Å²) in [6.07, 6.45) is 0. The van der Waals surface area contributed by atoms with Crippen molar-refractivity contribution in [3.05, 3.63) is 164 Å². The summed E-state index contributed by atoms with van der Waals surface area (Å²) in [5.41, 5.74) is 2.46. The van der Waals surface area contributed by atoms with E-state index in [1.54, 1.807) is 12.1 Å². The minimum absolute atomic E-state index is 0.0705. The van der Waals surface area contributed by atoms with Crippen LogP contribution in [0.25, 0.3) is 99.5 Å². The van der Waals surface area contributed by atoms with E-state index in [2.05, 4.69) is 63.5 Å². The number of aromatic nitrogens is 3. The van der Waals surface area contributed by atoms with E-state index in [9.17, 15) is 0 Å². The molecule has 0 unspecified atom stereocenters. The van der Waals surface area contributed by atoms with E-state index >= 15 is 0 Å². The van der Waals surface area contributed by atoms with Crippen molar-refractivity contribution >= 4 is 54.3 Å². The molecule has 0 bridgehead atoms. The third-order valence-electron chi connectivity index (χ3n) is 8.90. The van der Waals surface area contributed by atoms with Crippen LogP contribution in [0.1, 0.15) is 13.7 Å². The van der Waals surface area contributed by atoms with Crippen LogP contribution in [0.4, 0.5) is 0 Å². The number of furan rings is 1. The number of hydrogen-bond acceptors (Lipinski definition) is 4. The standard InChI is InChI=1S/C45H27N3O/c1-3-13-28(14-4-1)43-46-44(29-15-5-2-6-16-29)48-45(47-43)38-23-11-22-37-41-31(21-12-24-40(41)49-42(37)38)30-25-26-36-34-19-8-7-17-32(34)33-18-9-10-20-35(33)39(36)27-30/h1-27H/i1D,2D,3D,4D,5D,6D,13D,14D,15D,16D. The highest BCUT2D eigenvalue weighted by Crippen LogP contribution is 2.42. The van der Waals surface area contributed by atoms with Crippen LogP contribution in [-0.2, 0) is 0 Å². The molecule has 0 atom stereocenters. The fourth-order valence-electron chi connectivity index (χ4n) is 6.78. The number of rotatable bonds is 4. The Bertz CT molecular complexity index is 3300. The van der Waals surface area contributed by atoms with Gasteiger partial charge in [-0.15, -0.1) is 0 Å². The molecule has 0 fully saturated rings. The average Bonchev–Trinajstić information content (AvgIpc) is 3.66. The normalized spacial score (nSPS) is 14.5. The Hall–Kier alpha value is -6.65. The van der Waals surface area contributed by atoms with Crippen molar-refractivity contribution in [2.24, 2.45) is 0 Å². The van der Waals surface area contributed by atoms with Crippen molar-refractivity contribution < 1.29 is 18.1 Å². The fourth-order valence-corrected chi connectivity index (χ4v) is 6.78. The second-order valence-corrected chi connectivity index (χ2v) is 11.6. The summed E-state index contributed by atoms with van der Waals surface area (Å²) >= 11 is 0. The predicted octanol–water partition coefficient (Wildman–Crippen LogP) is 11.9. The first kappa shape index (κ1) is 19.2. The first-order valence-corrected chi connectivity index (χ1v) is 15.6. The Morgan fingerprint density at radius 1 is 0.408 bits per heavy atom. The van der Waals surface area contributed by atoms with Crippen molar-refractivity contribution in [3.8, 4) is 45.3 Å². The Morgan fingerprint density at radius 3 is 1.55 bits per heavy atom. The maximum atomic E-state index is 8.70. The molecule has 0 aliphatic heterocycles. The Labute approximate surface area is 296 Å². The first-order valence-electron chi connectivity index (χ1n) is 20.6. The first-order chi connectivity index (χ1) is 28.4. The number of benzene rings is 8. The van der Waals surface area contributed by atoms with E-state index in [0.717, 1.165) is 43.4 Å². The van der Waals surface area contributed by atoms with Crippen LogP contribution in [0.2, 0.25) is 0 Å². The molecule has 8 aromatic carbocycles. The van der Waals surface area contributed by atoms with Crippen molar-refractivity contribution in [2.45, 2.75) is 0 Å². The van der Waals surface area contributed by atoms with E-state index in [1.807, 2.05) is 42.5 Å². The Balaban J connectivity index is 1.23. The second-order valence-electron chi connectivity index (χ2n) is 11.6. The van der Waals surface area contributed by atoms with Crippen molar-refractivity contribution in [1.29, 1.82) is 0 Å². The monoisotopic (exact) mass is 635 g/mol. The summed E-state index contributed by atoms with van der Waals surface area (Å²) in [5, 5.41) is 8.41. The summed E-state index contributed by atoms with van der Waals surface area (Å²) < 4.78 is 91.0. The van der Waals surface area contributed by atoms with Crippen molar-refractivity contribution in [3.63, 3.8) is 0 Å². The van der Waals surface area contributed by atoms with Gasteiger partial charge in [0, 0.05) is 21.9 Å². The second kappa shape index (κ2) is 11.0. The summed E-state index contributed by atoms with van der Waals surface area (Å²) in [7, 11) is 0. The molecule has 0 saturated heterocycles. The molecular formula is C45H27N3O. The average molecular weight is 636 g/mol. The lowest BCUT2D eigenvalue weighted by Gasteiger charge is -2.12. The number of fused-ring (bicyclic) bond motifs is 9. The molecule has 49 heavy (non-hydrogen) atoms. The van der Waals surface area contributed by atoms with Gasteiger partial charge in [0.2, 0.25) is 0 Å². The zero-order chi connectivity index (χ0) is 41.0. The molecule has 0 amide bonds. The number of nitrogens with zero attached hydrogens (tertiary/aromatic N) is 3. The molecule has 0 aliphatic carbocycles. The molecule has 2 aromatic heterocycles. The van der Waals surface area contributed by atoms with E-state index in [0.29, 0.717) is 22.1 Å². The van der Waals surface area contributed by atoms with Gasteiger partial charge in [-0.05, 0) is 61.6 Å². The van der Waals surface area contributed by atoms with Crippen LogP contribution < -0.4 is 0 Å². The van der Waals surface area contributed by atoms with Gasteiger partial charge in [0.25, 0.3) is 0 Å². The highest BCUT2D eigenvalue weighted by Gasteiger charge is 2.20. The van der Waals surface area contributed by atoms with E-state index in [4.69, 9.17) is 18.1 Å². The largest absolute Gasteiger partial charge is 0.455 e. The maximum absolute atomic E-state index is 8.70. The lowest BCUT2D eigenvalue weighted by Crippen LogP contribution is -2.00. The minimum Gasteiger partial charge on any atom is -0.455 e. The Kier molecular flexibility index (Phi) is 4.31.